The first-order valence-corrected chi connectivity index (χ1v) is 13.7. The third-order valence-corrected chi connectivity index (χ3v) is 7.08. The Morgan fingerprint density at radius 2 is 0.902 bits per heavy atom. The Hall–Kier alpha value is -3.22. The normalized spacial score (nSPS) is 10.9. The van der Waals surface area contributed by atoms with Crippen molar-refractivity contribution >= 4 is 35.7 Å². The van der Waals surface area contributed by atoms with Crippen molar-refractivity contribution in [1.82, 2.24) is 0 Å². The van der Waals surface area contributed by atoms with E-state index in [0.29, 0.717) is 0 Å². The van der Waals surface area contributed by atoms with Crippen LogP contribution in [0.3, 0.4) is 0 Å². The van der Waals surface area contributed by atoms with Gasteiger partial charge in [-0.25, -0.2) is 9.13 Å². The van der Waals surface area contributed by atoms with Gasteiger partial charge in [-0.15, -0.1) is 0 Å². The molecule has 6 heteroatoms. The van der Waals surface area contributed by atoms with E-state index in [9.17, 15) is 0 Å². The van der Waals surface area contributed by atoms with Gasteiger partial charge in [-0.05, 0) is 60.4 Å². The number of nitrogens with zero attached hydrogens (tertiary/aromatic N) is 4. The number of aromatic nitrogens is 2. The van der Waals surface area contributed by atoms with Crippen molar-refractivity contribution in [2.75, 3.05) is 38.0 Å². The van der Waals surface area contributed by atoms with Crippen molar-refractivity contribution in [2.24, 2.45) is 0 Å². The molecule has 0 unspecified atom stereocenters. The Labute approximate surface area is 267 Å². The van der Waals surface area contributed by atoms with E-state index >= 15 is 0 Å². The second-order valence-electron chi connectivity index (χ2n) is 10.6. The van der Waals surface area contributed by atoms with Crippen molar-refractivity contribution in [1.29, 1.82) is 0 Å². The maximum atomic E-state index is 2.30. The molecule has 0 N–H and O–H groups in total. The summed E-state index contributed by atoms with van der Waals surface area (Å²) in [4.78, 5) is 4.24. The van der Waals surface area contributed by atoms with Gasteiger partial charge in [0.1, 0.15) is 0 Å². The highest BCUT2D eigenvalue weighted by Gasteiger charge is 2.09. The molecule has 0 amide bonds. The Morgan fingerprint density at radius 3 is 1.22 bits per heavy atom. The van der Waals surface area contributed by atoms with E-state index < -0.39 is 0 Å². The molecule has 0 saturated carbocycles. The van der Waals surface area contributed by atoms with E-state index in [2.05, 4.69) is 171 Å². The summed E-state index contributed by atoms with van der Waals surface area (Å²) in [6, 6.07) is 21.7. The summed E-state index contributed by atoms with van der Waals surface area (Å²) < 4.78 is 4.59. The lowest BCUT2D eigenvalue weighted by molar-refractivity contribution is -0.727. The predicted octanol–water partition coefficient (Wildman–Crippen LogP) is 0.450. The van der Waals surface area contributed by atoms with Gasteiger partial charge in [0.25, 0.3) is 0 Å². The summed E-state index contributed by atoms with van der Waals surface area (Å²) in [5.41, 5.74) is 9.94. The minimum absolute atomic E-state index is 0. The largest absolute Gasteiger partial charge is 1.00 e. The maximum absolute atomic E-state index is 2.30. The Bertz CT molecular complexity index is 1330. The second kappa shape index (κ2) is 16.3. The minimum atomic E-state index is 0. The van der Waals surface area contributed by atoms with Gasteiger partial charge >= 0.3 is 0 Å². The summed E-state index contributed by atoms with van der Waals surface area (Å²) >= 11 is 0. The summed E-state index contributed by atoms with van der Waals surface area (Å²) in [6.07, 6.45) is 18.8. The Balaban J connectivity index is 0.00000294. The molecule has 0 fully saturated rings. The molecule has 0 aliphatic heterocycles. The van der Waals surface area contributed by atoms with Crippen LogP contribution in [0.25, 0.3) is 24.3 Å². The predicted molar refractivity (Wildman–Crippen MR) is 167 cm³/mol. The lowest BCUT2D eigenvalue weighted by atomic mass is 10.1. The fourth-order valence-corrected chi connectivity index (χ4v) is 4.57. The van der Waals surface area contributed by atoms with E-state index in [1.807, 2.05) is 0 Å². The van der Waals surface area contributed by atoms with Crippen molar-refractivity contribution in [3.8, 4) is 0 Å². The lowest BCUT2D eigenvalue weighted by Crippen LogP contribution is -3.00. The molecule has 4 rings (SSSR count). The van der Waals surface area contributed by atoms with E-state index in [-0.39, 0.29) is 34.0 Å². The van der Waals surface area contributed by atoms with Gasteiger partial charge in [-0.3, -0.25) is 0 Å². The molecule has 4 nitrogen and oxygen atoms in total. The van der Waals surface area contributed by atoms with Crippen LogP contribution in [0, 0.1) is 13.8 Å². The molecule has 0 aliphatic rings. The van der Waals surface area contributed by atoms with E-state index in [1.54, 1.807) is 0 Å². The molecule has 41 heavy (non-hydrogen) atoms. The van der Waals surface area contributed by atoms with Crippen LogP contribution in [-0.2, 0) is 13.1 Å². The van der Waals surface area contributed by atoms with Crippen LogP contribution in [0.15, 0.2) is 85.5 Å². The first-order chi connectivity index (χ1) is 18.8. The average molecular weight is 679 g/mol. The zero-order valence-corrected chi connectivity index (χ0v) is 28.2. The molecule has 0 spiro atoms. The summed E-state index contributed by atoms with van der Waals surface area (Å²) in [5, 5.41) is 0. The highest BCUT2D eigenvalue weighted by molar-refractivity contribution is 5.72. The SMILES string of the molecule is Cc1c[n+](CCC[n+]2ccc(/C=C/c3ccc(N(C)C)cc3)c(C)c2)ccc1/C=C/c1ccc(N(C)C)cc1.[Br-].[Br-]. The zero-order chi connectivity index (χ0) is 27.8. The van der Waals surface area contributed by atoms with Crippen LogP contribution in [-0.4, -0.2) is 28.2 Å². The Kier molecular flexibility index (Phi) is 13.5. The molecule has 0 bridgehead atoms. The highest BCUT2D eigenvalue weighted by Crippen LogP contribution is 2.17. The van der Waals surface area contributed by atoms with Gasteiger partial charge in [0.05, 0.1) is 6.42 Å². The van der Waals surface area contributed by atoms with Gasteiger partial charge in [0.15, 0.2) is 37.9 Å². The average Bonchev–Trinajstić information content (AvgIpc) is 2.92. The number of benzene rings is 2. The van der Waals surface area contributed by atoms with Gasteiger partial charge in [0, 0.05) is 62.8 Å². The molecular weight excluding hydrogens is 636 g/mol. The molecule has 0 saturated heterocycles. The van der Waals surface area contributed by atoms with Gasteiger partial charge in [-0.2, -0.15) is 0 Å². The maximum Gasteiger partial charge on any atom is 0.172 e. The summed E-state index contributed by atoms with van der Waals surface area (Å²) in [5.74, 6) is 0. The number of anilines is 2. The highest BCUT2D eigenvalue weighted by atomic mass is 79.9. The third kappa shape index (κ3) is 9.98. The van der Waals surface area contributed by atoms with Crippen LogP contribution in [0.5, 0.6) is 0 Å². The molecule has 0 aliphatic carbocycles. The monoisotopic (exact) mass is 676 g/mol. The Morgan fingerprint density at radius 1 is 0.537 bits per heavy atom. The molecule has 2 aromatic heterocycles. The summed E-state index contributed by atoms with van der Waals surface area (Å²) in [6.45, 7) is 6.36. The molecule has 4 aromatic rings. The quantitative estimate of drug-likeness (QED) is 0.227. The van der Waals surface area contributed by atoms with Crippen molar-refractivity contribution < 1.29 is 43.1 Å². The van der Waals surface area contributed by atoms with Crippen molar-refractivity contribution in [3.05, 3.63) is 119 Å². The first-order valence-electron chi connectivity index (χ1n) is 13.7. The minimum Gasteiger partial charge on any atom is -1.00 e. The van der Waals surface area contributed by atoms with Gasteiger partial charge in [-0.1, -0.05) is 48.6 Å². The number of pyridine rings is 2. The van der Waals surface area contributed by atoms with Gasteiger partial charge < -0.3 is 43.8 Å². The van der Waals surface area contributed by atoms with Crippen LogP contribution in [0.1, 0.15) is 39.8 Å². The van der Waals surface area contributed by atoms with E-state index in [1.165, 1.54) is 44.8 Å². The number of halogens is 2. The molecule has 2 heterocycles. The molecule has 0 atom stereocenters. The van der Waals surface area contributed by atoms with Crippen LogP contribution in [0.4, 0.5) is 11.4 Å². The first kappa shape index (κ1) is 34.0. The number of hydrogen-bond acceptors (Lipinski definition) is 2. The number of hydrogen-bond donors (Lipinski definition) is 0. The van der Waals surface area contributed by atoms with Crippen LogP contribution >= 0.6 is 0 Å². The third-order valence-electron chi connectivity index (χ3n) is 7.08. The van der Waals surface area contributed by atoms with Crippen LogP contribution in [0.2, 0.25) is 0 Å². The van der Waals surface area contributed by atoms with Gasteiger partial charge in [0.2, 0.25) is 0 Å². The summed E-state index contributed by atoms with van der Waals surface area (Å²) in [7, 11) is 8.26. The second-order valence-corrected chi connectivity index (χ2v) is 10.6. The van der Waals surface area contributed by atoms with E-state index in [4.69, 9.17) is 0 Å². The fourth-order valence-electron chi connectivity index (χ4n) is 4.57. The van der Waals surface area contributed by atoms with Crippen LogP contribution < -0.4 is 52.9 Å². The molecular formula is C35H42Br2N4. The number of rotatable bonds is 10. The topological polar surface area (TPSA) is 14.2 Å². The van der Waals surface area contributed by atoms with E-state index in [0.717, 1.165) is 19.5 Å². The standard InChI is InChI=1S/C35H42N4.2BrH/c1-28-26-38(24-20-32(28)14-8-30-10-16-34(17-11-30)36(3)4)22-7-23-39-25-21-33(29(2)27-39)15-9-31-12-18-35(19-13-31)37(5)6;;/h8-21,24-27H,7,22-23H2,1-6H3;2*1H/q+2;;/p-2. The zero-order valence-electron chi connectivity index (χ0n) is 25.1. The molecule has 2 aromatic carbocycles. The fraction of sp³-hybridized carbons (Fsp3) is 0.257. The van der Waals surface area contributed by atoms with Crippen molar-refractivity contribution in [3.63, 3.8) is 0 Å². The van der Waals surface area contributed by atoms with Crippen molar-refractivity contribution in [2.45, 2.75) is 33.4 Å². The smallest absolute Gasteiger partial charge is 0.172 e. The number of aryl methyl sites for hydroxylation is 4. The lowest BCUT2D eigenvalue weighted by Gasteiger charge is -2.11. The molecule has 216 valence electrons. The molecule has 0 radical (unpaired) electrons.